The average molecular weight is 302 g/mol. The third-order valence-electron chi connectivity index (χ3n) is 3.52. The molecule has 0 bridgehead atoms. The van der Waals surface area contributed by atoms with Crippen molar-refractivity contribution in [1.29, 1.82) is 0 Å². The van der Waals surface area contributed by atoms with Crippen LogP contribution in [0.4, 0.5) is 0 Å². The predicted octanol–water partition coefficient (Wildman–Crippen LogP) is 5.32. The fourth-order valence-corrected chi connectivity index (χ4v) is 2.68. The molecule has 0 saturated heterocycles. The number of hydrogen-bond acceptors (Lipinski definition) is 1. The van der Waals surface area contributed by atoms with Crippen LogP contribution in [0.1, 0.15) is 31.9 Å². The number of rotatable bonds is 6. The highest BCUT2D eigenvalue weighted by Gasteiger charge is 2.05. The van der Waals surface area contributed by atoms with Crippen molar-refractivity contribution in [2.75, 3.05) is 6.54 Å². The molecule has 0 aromatic heterocycles. The van der Waals surface area contributed by atoms with Crippen LogP contribution >= 0.6 is 11.6 Å². The van der Waals surface area contributed by atoms with E-state index < -0.39 is 0 Å². The van der Waals surface area contributed by atoms with Gasteiger partial charge >= 0.3 is 0 Å². The second-order valence-electron chi connectivity index (χ2n) is 5.88. The number of halogens is 1. The van der Waals surface area contributed by atoms with E-state index in [1.807, 2.05) is 6.07 Å². The Balaban J connectivity index is 2.28. The minimum Gasteiger partial charge on any atom is -0.313 e. The lowest BCUT2D eigenvalue weighted by Crippen LogP contribution is -2.12. The summed E-state index contributed by atoms with van der Waals surface area (Å²) in [6.07, 6.45) is 1.12. The first-order valence-electron chi connectivity index (χ1n) is 7.68. The highest BCUT2D eigenvalue weighted by molar-refractivity contribution is 6.31. The Morgan fingerprint density at radius 2 is 1.81 bits per heavy atom. The van der Waals surface area contributed by atoms with Gasteiger partial charge in [0.05, 0.1) is 0 Å². The Labute approximate surface area is 133 Å². The van der Waals surface area contributed by atoms with Gasteiger partial charge in [0.15, 0.2) is 0 Å². The summed E-state index contributed by atoms with van der Waals surface area (Å²) in [7, 11) is 0. The third kappa shape index (κ3) is 4.59. The molecule has 21 heavy (non-hydrogen) atoms. The maximum Gasteiger partial charge on any atom is 0.0451 e. The molecule has 0 saturated carbocycles. The molecule has 0 amide bonds. The lowest BCUT2D eigenvalue weighted by Gasteiger charge is -2.11. The molecule has 0 aliphatic carbocycles. The van der Waals surface area contributed by atoms with Gasteiger partial charge in [0.25, 0.3) is 0 Å². The Kier molecular flexibility index (Phi) is 5.84. The van der Waals surface area contributed by atoms with E-state index in [0.29, 0.717) is 5.92 Å². The maximum atomic E-state index is 6.28. The van der Waals surface area contributed by atoms with E-state index >= 15 is 0 Å². The highest BCUT2D eigenvalue weighted by Crippen LogP contribution is 2.26. The molecule has 0 aliphatic rings. The second kappa shape index (κ2) is 7.63. The normalized spacial score (nSPS) is 11.1. The first-order valence-corrected chi connectivity index (χ1v) is 8.06. The number of benzene rings is 2. The van der Waals surface area contributed by atoms with Gasteiger partial charge in [0, 0.05) is 11.6 Å². The monoisotopic (exact) mass is 301 g/mol. The molecule has 0 heterocycles. The van der Waals surface area contributed by atoms with Gasteiger partial charge in [0.2, 0.25) is 0 Å². The summed E-state index contributed by atoms with van der Waals surface area (Å²) in [6.45, 7) is 8.37. The first-order chi connectivity index (χ1) is 10.1. The second-order valence-corrected chi connectivity index (χ2v) is 6.29. The van der Waals surface area contributed by atoms with Gasteiger partial charge < -0.3 is 5.32 Å². The Morgan fingerprint density at radius 1 is 1.05 bits per heavy atom. The van der Waals surface area contributed by atoms with Crippen LogP contribution in [0.15, 0.2) is 42.5 Å². The molecule has 0 spiro atoms. The molecule has 2 aromatic carbocycles. The Hall–Kier alpha value is -1.31. The molecule has 0 unspecified atom stereocenters. The van der Waals surface area contributed by atoms with Crippen molar-refractivity contribution in [3.8, 4) is 11.1 Å². The van der Waals surface area contributed by atoms with Crippen LogP contribution in [0.3, 0.4) is 0 Å². The summed E-state index contributed by atoms with van der Waals surface area (Å²) in [5.74, 6) is 0.676. The van der Waals surface area contributed by atoms with Gasteiger partial charge in [0.1, 0.15) is 0 Å². The van der Waals surface area contributed by atoms with Crippen molar-refractivity contribution in [1.82, 2.24) is 5.32 Å². The maximum absolute atomic E-state index is 6.28. The fourth-order valence-electron chi connectivity index (χ4n) is 2.50. The average Bonchev–Trinajstić information content (AvgIpc) is 2.46. The largest absolute Gasteiger partial charge is 0.313 e. The minimum atomic E-state index is 0.676. The van der Waals surface area contributed by atoms with Crippen LogP contribution in [0.25, 0.3) is 11.1 Å². The Morgan fingerprint density at radius 3 is 2.52 bits per heavy atom. The SMILES string of the molecule is CCNCc1cc(-c2cccc(CC(C)C)c2)ccc1Cl. The highest BCUT2D eigenvalue weighted by atomic mass is 35.5. The van der Waals surface area contributed by atoms with Gasteiger partial charge in [-0.3, -0.25) is 0 Å². The summed E-state index contributed by atoms with van der Waals surface area (Å²) < 4.78 is 0. The number of hydrogen-bond donors (Lipinski definition) is 1. The zero-order valence-corrected chi connectivity index (χ0v) is 13.9. The topological polar surface area (TPSA) is 12.0 Å². The van der Waals surface area contributed by atoms with Gasteiger partial charge in [-0.25, -0.2) is 0 Å². The lowest BCUT2D eigenvalue weighted by atomic mass is 9.97. The molecule has 1 N–H and O–H groups in total. The molecular formula is C19H24ClN. The fraction of sp³-hybridized carbons (Fsp3) is 0.368. The first kappa shape index (κ1) is 16.1. The van der Waals surface area contributed by atoms with Gasteiger partial charge in [-0.15, -0.1) is 0 Å². The zero-order chi connectivity index (χ0) is 15.2. The van der Waals surface area contributed by atoms with Gasteiger partial charge in [-0.05, 0) is 53.3 Å². The van der Waals surface area contributed by atoms with Gasteiger partial charge in [-0.2, -0.15) is 0 Å². The molecule has 0 aliphatic heterocycles. The van der Waals surface area contributed by atoms with Gasteiger partial charge in [-0.1, -0.05) is 62.7 Å². The van der Waals surface area contributed by atoms with E-state index in [9.17, 15) is 0 Å². The Bertz CT molecular complexity index is 590. The molecule has 2 heteroatoms. The van der Waals surface area contributed by atoms with Crippen molar-refractivity contribution >= 4 is 11.6 Å². The lowest BCUT2D eigenvalue weighted by molar-refractivity contribution is 0.647. The summed E-state index contributed by atoms with van der Waals surface area (Å²) in [5, 5.41) is 4.17. The molecule has 112 valence electrons. The summed E-state index contributed by atoms with van der Waals surface area (Å²) in [6, 6.07) is 15.1. The summed E-state index contributed by atoms with van der Waals surface area (Å²) in [4.78, 5) is 0. The molecule has 2 aromatic rings. The van der Waals surface area contributed by atoms with Crippen LogP contribution in [-0.2, 0) is 13.0 Å². The van der Waals surface area contributed by atoms with Crippen LogP contribution in [0.5, 0.6) is 0 Å². The van der Waals surface area contributed by atoms with E-state index in [-0.39, 0.29) is 0 Å². The summed E-state index contributed by atoms with van der Waals surface area (Å²) in [5.41, 5.74) is 5.05. The molecule has 0 radical (unpaired) electrons. The molecule has 2 rings (SSSR count). The molecule has 0 fully saturated rings. The van der Waals surface area contributed by atoms with E-state index in [1.54, 1.807) is 0 Å². The molecule has 1 nitrogen and oxygen atoms in total. The number of nitrogens with one attached hydrogen (secondary N) is 1. The minimum absolute atomic E-state index is 0.676. The van der Waals surface area contributed by atoms with Crippen molar-refractivity contribution < 1.29 is 0 Å². The third-order valence-corrected chi connectivity index (χ3v) is 3.88. The zero-order valence-electron chi connectivity index (χ0n) is 13.1. The predicted molar refractivity (Wildman–Crippen MR) is 92.8 cm³/mol. The van der Waals surface area contributed by atoms with E-state index in [4.69, 9.17) is 11.6 Å². The quantitative estimate of drug-likeness (QED) is 0.762. The van der Waals surface area contributed by atoms with Crippen molar-refractivity contribution in [2.24, 2.45) is 5.92 Å². The summed E-state index contributed by atoms with van der Waals surface area (Å²) >= 11 is 6.28. The molecular weight excluding hydrogens is 278 g/mol. The van der Waals surface area contributed by atoms with Crippen LogP contribution in [-0.4, -0.2) is 6.54 Å². The van der Waals surface area contributed by atoms with Crippen molar-refractivity contribution in [2.45, 2.75) is 33.7 Å². The van der Waals surface area contributed by atoms with Crippen LogP contribution in [0.2, 0.25) is 5.02 Å². The van der Waals surface area contributed by atoms with E-state index in [0.717, 1.165) is 30.1 Å². The van der Waals surface area contributed by atoms with E-state index in [2.05, 4.69) is 62.5 Å². The van der Waals surface area contributed by atoms with Crippen molar-refractivity contribution in [3.05, 3.63) is 58.6 Å². The standard InChI is InChI=1S/C19H24ClN/c1-4-21-13-18-12-17(8-9-19(18)20)16-7-5-6-15(11-16)10-14(2)3/h5-9,11-12,14,21H,4,10,13H2,1-3H3. The smallest absolute Gasteiger partial charge is 0.0451 e. The van der Waals surface area contributed by atoms with Crippen molar-refractivity contribution in [3.63, 3.8) is 0 Å². The molecule has 0 atom stereocenters. The van der Waals surface area contributed by atoms with E-state index in [1.165, 1.54) is 16.7 Å². The van der Waals surface area contributed by atoms with Crippen LogP contribution in [0, 0.1) is 5.92 Å². The van der Waals surface area contributed by atoms with Crippen LogP contribution < -0.4 is 5.32 Å².